The second kappa shape index (κ2) is 5.94. The quantitative estimate of drug-likeness (QED) is 0.910. The molecule has 0 aliphatic carbocycles. The first kappa shape index (κ1) is 13.0. The third-order valence-corrected chi connectivity index (χ3v) is 3.76. The van der Waals surface area contributed by atoms with Crippen LogP contribution < -0.4 is 10.1 Å². The summed E-state index contributed by atoms with van der Waals surface area (Å²) >= 11 is 12.2. The zero-order valence-corrected chi connectivity index (χ0v) is 11.4. The van der Waals surface area contributed by atoms with Crippen LogP contribution in [0.25, 0.3) is 0 Å². The first-order chi connectivity index (χ1) is 8.20. The molecule has 17 heavy (non-hydrogen) atoms. The Labute approximate surface area is 112 Å². The van der Waals surface area contributed by atoms with Crippen molar-refractivity contribution in [2.75, 3.05) is 20.2 Å². The highest BCUT2D eigenvalue weighted by atomic mass is 35.5. The van der Waals surface area contributed by atoms with Gasteiger partial charge in [0.1, 0.15) is 5.75 Å². The second-order valence-electron chi connectivity index (χ2n) is 4.48. The lowest BCUT2D eigenvalue weighted by Gasteiger charge is -2.23. The molecule has 1 heterocycles. The molecule has 0 saturated carbocycles. The van der Waals surface area contributed by atoms with Crippen molar-refractivity contribution in [3.8, 4) is 5.75 Å². The van der Waals surface area contributed by atoms with Crippen LogP contribution in [-0.2, 0) is 6.42 Å². The second-order valence-corrected chi connectivity index (χ2v) is 5.32. The Morgan fingerprint density at radius 1 is 1.29 bits per heavy atom. The normalized spacial score (nSPS) is 17.1. The predicted octanol–water partition coefficient (Wildman–Crippen LogP) is 3.54. The summed E-state index contributed by atoms with van der Waals surface area (Å²) in [7, 11) is 1.65. The van der Waals surface area contributed by atoms with E-state index in [0.29, 0.717) is 16.0 Å². The van der Waals surface area contributed by atoms with E-state index in [1.54, 1.807) is 13.2 Å². The van der Waals surface area contributed by atoms with E-state index in [-0.39, 0.29) is 0 Å². The summed E-state index contributed by atoms with van der Waals surface area (Å²) in [5.74, 6) is 1.47. The lowest BCUT2D eigenvalue weighted by Crippen LogP contribution is -2.28. The summed E-state index contributed by atoms with van der Waals surface area (Å²) in [4.78, 5) is 0. The SMILES string of the molecule is COc1c(Cl)cc(Cl)cc1CC1CCNCC1. The van der Waals surface area contributed by atoms with Gasteiger partial charge in [0.15, 0.2) is 0 Å². The van der Waals surface area contributed by atoms with E-state index < -0.39 is 0 Å². The highest BCUT2D eigenvalue weighted by Crippen LogP contribution is 2.34. The molecule has 1 N–H and O–H groups in total. The van der Waals surface area contributed by atoms with Crippen molar-refractivity contribution in [1.82, 2.24) is 5.32 Å². The molecule has 2 rings (SSSR count). The lowest BCUT2D eigenvalue weighted by molar-refractivity contribution is 0.361. The molecular weight excluding hydrogens is 257 g/mol. The van der Waals surface area contributed by atoms with E-state index >= 15 is 0 Å². The van der Waals surface area contributed by atoms with Gasteiger partial charge >= 0.3 is 0 Å². The molecule has 2 nitrogen and oxygen atoms in total. The maximum atomic E-state index is 6.13. The zero-order chi connectivity index (χ0) is 12.3. The minimum Gasteiger partial charge on any atom is -0.495 e. The van der Waals surface area contributed by atoms with E-state index in [2.05, 4.69) is 5.32 Å². The topological polar surface area (TPSA) is 21.3 Å². The van der Waals surface area contributed by atoms with Crippen LogP contribution in [0.4, 0.5) is 0 Å². The average Bonchev–Trinajstić information content (AvgIpc) is 2.30. The molecule has 4 heteroatoms. The van der Waals surface area contributed by atoms with Gasteiger partial charge in [-0.2, -0.15) is 0 Å². The monoisotopic (exact) mass is 273 g/mol. The zero-order valence-electron chi connectivity index (χ0n) is 9.93. The summed E-state index contributed by atoms with van der Waals surface area (Å²) in [6.07, 6.45) is 3.39. The van der Waals surface area contributed by atoms with Gasteiger partial charge in [-0.1, -0.05) is 23.2 Å². The van der Waals surface area contributed by atoms with Crippen molar-refractivity contribution < 1.29 is 4.74 Å². The number of hydrogen-bond acceptors (Lipinski definition) is 2. The van der Waals surface area contributed by atoms with Crippen molar-refractivity contribution in [3.63, 3.8) is 0 Å². The van der Waals surface area contributed by atoms with Gasteiger partial charge in [0, 0.05) is 5.02 Å². The van der Waals surface area contributed by atoms with Gasteiger partial charge in [0.25, 0.3) is 0 Å². The standard InChI is InChI=1S/C13H17Cl2NO/c1-17-13-10(7-11(14)8-12(13)15)6-9-2-4-16-5-3-9/h7-9,16H,2-6H2,1H3. The Balaban J connectivity index is 2.18. The summed E-state index contributed by atoms with van der Waals surface area (Å²) in [5.41, 5.74) is 1.12. The molecule has 0 aromatic heterocycles. The predicted molar refractivity (Wildman–Crippen MR) is 72.3 cm³/mol. The first-order valence-corrected chi connectivity index (χ1v) is 6.69. The number of nitrogens with one attached hydrogen (secondary N) is 1. The molecule has 0 unspecified atom stereocenters. The fourth-order valence-corrected chi connectivity index (χ4v) is 3.00. The van der Waals surface area contributed by atoms with Crippen molar-refractivity contribution in [1.29, 1.82) is 0 Å². The molecular formula is C13H17Cl2NO. The van der Waals surface area contributed by atoms with E-state index in [1.807, 2.05) is 6.07 Å². The van der Waals surface area contributed by atoms with Crippen LogP contribution in [0.15, 0.2) is 12.1 Å². The van der Waals surface area contributed by atoms with Crippen molar-refractivity contribution >= 4 is 23.2 Å². The molecule has 94 valence electrons. The Morgan fingerprint density at radius 2 is 2.00 bits per heavy atom. The molecule has 1 saturated heterocycles. The largest absolute Gasteiger partial charge is 0.495 e. The number of rotatable bonds is 3. The van der Waals surface area contributed by atoms with E-state index in [1.165, 1.54) is 12.8 Å². The maximum Gasteiger partial charge on any atom is 0.140 e. The summed E-state index contributed by atoms with van der Waals surface area (Å²) in [6, 6.07) is 3.70. The number of hydrogen-bond donors (Lipinski definition) is 1. The van der Waals surface area contributed by atoms with Crippen LogP contribution in [-0.4, -0.2) is 20.2 Å². The molecule has 0 radical (unpaired) electrons. The summed E-state index contributed by atoms with van der Waals surface area (Å²) in [6.45, 7) is 2.20. The molecule has 1 fully saturated rings. The molecule has 1 aliphatic heterocycles. The van der Waals surface area contributed by atoms with E-state index in [0.717, 1.165) is 30.8 Å². The highest BCUT2D eigenvalue weighted by Gasteiger charge is 2.17. The van der Waals surface area contributed by atoms with Gasteiger partial charge in [-0.3, -0.25) is 0 Å². The van der Waals surface area contributed by atoms with Gasteiger partial charge in [-0.05, 0) is 56.0 Å². The molecule has 1 aromatic carbocycles. The van der Waals surface area contributed by atoms with Gasteiger partial charge in [0.05, 0.1) is 12.1 Å². The number of ether oxygens (including phenoxy) is 1. The van der Waals surface area contributed by atoms with Crippen LogP contribution in [0, 0.1) is 5.92 Å². The van der Waals surface area contributed by atoms with E-state index in [9.17, 15) is 0 Å². The third-order valence-electron chi connectivity index (χ3n) is 3.26. The molecule has 0 bridgehead atoms. The summed E-state index contributed by atoms with van der Waals surface area (Å²) < 4.78 is 5.37. The van der Waals surface area contributed by atoms with Crippen LogP contribution in [0.1, 0.15) is 18.4 Å². The molecule has 0 atom stereocenters. The Kier molecular flexibility index (Phi) is 4.55. The van der Waals surface area contributed by atoms with Gasteiger partial charge < -0.3 is 10.1 Å². The number of benzene rings is 1. The lowest BCUT2D eigenvalue weighted by atomic mass is 9.90. The highest BCUT2D eigenvalue weighted by molar-refractivity contribution is 6.35. The third kappa shape index (κ3) is 3.27. The van der Waals surface area contributed by atoms with Gasteiger partial charge in [-0.15, -0.1) is 0 Å². The van der Waals surface area contributed by atoms with Crippen LogP contribution >= 0.6 is 23.2 Å². The first-order valence-electron chi connectivity index (χ1n) is 5.93. The van der Waals surface area contributed by atoms with Crippen LogP contribution in [0.2, 0.25) is 10.0 Å². The Bertz CT molecular complexity index is 389. The smallest absolute Gasteiger partial charge is 0.140 e. The molecule has 1 aliphatic rings. The van der Waals surface area contributed by atoms with E-state index in [4.69, 9.17) is 27.9 Å². The molecule has 0 amide bonds. The minimum absolute atomic E-state index is 0.601. The average molecular weight is 274 g/mol. The fraction of sp³-hybridized carbons (Fsp3) is 0.538. The van der Waals surface area contributed by atoms with Crippen molar-refractivity contribution in [3.05, 3.63) is 27.7 Å². The number of piperidine rings is 1. The molecule has 1 aromatic rings. The maximum absolute atomic E-state index is 6.13. The Hall–Kier alpha value is -0.440. The van der Waals surface area contributed by atoms with Crippen LogP contribution in [0.5, 0.6) is 5.75 Å². The molecule has 0 spiro atoms. The number of methoxy groups -OCH3 is 1. The summed E-state index contributed by atoms with van der Waals surface area (Å²) in [5, 5.41) is 4.65. The van der Waals surface area contributed by atoms with Crippen molar-refractivity contribution in [2.24, 2.45) is 5.92 Å². The Morgan fingerprint density at radius 3 is 2.65 bits per heavy atom. The number of halogens is 2. The van der Waals surface area contributed by atoms with Crippen molar-refractivity contribution in [2.45, 2.75) is 19.3 Å². The minimum atomic E-state index is 0.601. The van der Waals surface area contributed by atoms with Crippen LogP contribution in [0.3, 0.4) is 0 Å². The fourth-order valence-electron chi connectivity index (χ4n) is 2.39. The van der Waals surface area contributed by atoms with Gasteiger partial charge in [-0.25, -0.2) is 0 Å². The van der Waals surface area contributed by atoms with Gasteiger partial charge in [0.2, 0.25) is 0 Å².